The van der Waals surface area contributed by atoms with E-state index in [-0.39, 0.29) is 17.0 Å². The van der Waals surface area contributed by atoms with Crippen molar-refractivity contribution in [1.82, 2.24) is 5.32 Å². The normalized spacial score (nSPS) is 15.1. The van der Waals surface area contributed by atoms with Crippen molar-refractivity contribution in [3.8, 4) is 0 Å². The van der Waals surface area contributed by atoms with Crippen molar-refractivity contribution in [2.75, 3.05) is 6.54 Å². The van der Waals surface area contributed by atoms with Crippen molar-refractivity contribution in [2.45, 2.75) is 162 Å². The second-order valence-corrected chi connectivity index (χ2v) is 10.9. The lowest BCUT2D eigenvalue weighted by Crippen LogP contribution is -2.54. The fourth-order valence-electron chi connectivity index (χ4n) is 4.75. The molecule has 0 bridgehead atoms. The average molecular weight is 439 g/mol. The SMILES string of the molecule is CCCCCCC(C)(CCCCC)NC(CCCCN)C(=O)C(C)(C)CCCCCC. The first-order valence-electron chi connectivity index (χ1n) is 13.8. The number of carbonyl (C=O) groups is 1. The van der Waals surface area contributed by atoms with Crippen LogP contribution in [0.4, 0.5) is 0 Å². The van der Waals surface area contributed by atoms with Crippen molar-refractivity contribution in [1.29, 1.82) is 0 Å². The van der Waals surface area contributed by atoms with E-state index < -0.39 is 0 Å². The zero-order valence-electron chi connectivity index (χ0n) is 22.3. The van der Waals surface area contributed by atoms with Gasteiger partial charge < -0.3 is 11.1 Å². The quantitative estimate of drug-likeness (QED) is 0.169. The Balaban J connectivity index is 5.27. The molecule has 31 heavy (non-hydrogen) atoms. The summed E-state index contributed by atoms with van der Waals surface area (Å²) >= 11 is 0. The topological polar surface area (TPSA) is 55.1 Å². The maximum Gasteiger partial charge on any atom is 0.155 e. The van der Waals surface area contributed by atoms with Gasteiger partial charge in [0.15, 0.2) is 5.78 Å². The van der Waals surface area contributed by atoms with Crippen LogP contribution in [0.1, 0.15) is 151 Å². The highest BCUT2D eigenvalue weighted by atomic mass is 16.1. The summed E-state index contributed by atoms with van der Waals surface area (Å²) < 4.78 is 0. The fraction of sp³-hybridized carbons (Fsp3) is 0.964. The molecule has 3 nitrogen and oxygen atoms in total. The van der Waals surface area contributed by atoms with Crippen LogP contribution in [0.25, 0.3) is 0 Å². The lowest BCUT2D eigenvalue weighted by molar-refractivity contribution is -0.130. The summed E-state index contributed by atoms with van der Waals surface area (Å²) in [6.45, 7) is 14.2. The molecule has 0 saturated heterocycles. The smallest absolute Gasteiger partial charge is 0.155 e. The van der Waals surface area contributed by atoms with Crippen LogP contribution in [-0.4, -0.2) is 23.9 Å². The molecule has 0 amide bonds. The Bertz CT molecular complexity index is 435. The number of Topliss-reactive ketones (excluding diaryl/α,β-unsaturated/α-hetero) is 1. The second-order valence-electron chi connectivity index (χ2n) is 10.9. The van der Waals surface area contributed by atoms with E-state index in [2.05, 4.69) is 46.9 Å². The van der Waals surface area contributed by atoms with Gasteiger partial charge in [-0.2, -0.15) is 0 Å². The molecule has 0 spiro atoms. The summed E-state index contributed by atoms with van der Waals surface area (Å²) in [6, 6.07) is -0.0365. The zero-order chi connectivity index (χ0) is 23.6. The van der Waals surface area contributed by atoms with Crippen molar-refractivity contribution in [2.24, 2.45) is 11.1 Å². The Kier molecular flexibility index (Phi) is 17.8. The number of hydrogen-bond acceptors (Lipinski definition) is 3. The van der Waals surface area contributed by atoms with E-state index in [0.29, 0.717) is 12.3 Å². The highest BCUT2D eigenvalue weighted by molar-refractivity contribution is 5.89. The van der Waals surface area contributed by atoms with Gasteiger partial charge in [0, 0.05) is 11.0 Å². The van der Waals surface area contributed by atoms with Crippen molar-refractivity contribution < 1.29 is 4.79 Å². The molecule has 0 aliphatic heterocycles. The van der Waals surface area contributed by atoms with Gasteiger partial charge in [-0.1, -0.05) is 112 Å². The van der Waals surface area contributed by atoms with Gasteiger partial charge in [0.1, 0.15) is 0 Å². The molecule has 0 aromatic rings. The third-order valence-corrected chi connectivity index (χ3v) is 7.02. The van der Waals surface area contributed by atoms with Crippen LogP contribution in [0.3, 0.4) is 0 Å². The van der Waals surface area contributed by atoms with Gasteiger partial charge >= 0.3 is 0 Å². The van der Waals surface area contributed by atoms with Gasteiger partial charge in [0.25, 0.3) is 0 Å². The number of ketones is 1. The number of nitrogens with one attached hydrogen (secondary N) is 1. The van der Waals surface area contributed by atoms with Gasteiger partial charge in [-0.05, 0) is 45.6 Å². The highest BCUT2D eigenvalue weighted by Crippen LogP contribution is 2.30. The molecule has 0 rings (SSSR count). The van der Waals surface area contributed by atoms with Crippen LogP contribution in [0.5, 0.6) is 0 Å². The predicted octanol–water partition coefficient (Wildman–Crippen LogP) is 7.95. The van der Waals surface area contributed by atoms with E-state index in [1.54, 1.807) is 0 Å². The molecule has 2 unspecified atom stereocenters. The van der Waals surface area contributed by atoms with Crippen molar-refractivity contribution in [3.63, 3.8) is 0 Å². The van der Waals surface area contributed by atoms with Crippen LogP contribution < -0.4 is 11.1 Å². The van der Waals surface area contributed by atoms with E-state index in [1.165, 1.54) is 77.0 Å². The van der Waals surface area contributed by atoms with Crippen LogP contribution in [0, 0.1) is 5.41 Å². The summed E-state index contributed by atoms with van der Waals surface area (Å²) in [4.78, 5) is 13.7. The van der Waals surface area contributed by atoms with Crippen LogP contribution >= 0.6 is 0 Å². The lowest BCUT2D eigenvalue weighted by Gasteiger charge is -2.38. The van der Waals surface area contributed by atoms with E-state index in [1.807, 2.05) is 0 Å². The Morgan fingerprint density at radius 2 is 1.19 bits per heavy atom. The number of carbonyl (C=O) groups excluding carboxylic acids is 1. The molecule has 0 aromatic heterocycles. The number of hydrogen-bond donors (Lipinski definition) is 2. The van der Waals surface area contributed by atoms with Crippen LogP contribution in [0.15, 0.2) is 0 Å². The number of unbranched alkanes of at least 4 members (excludes halogenated alkanes) is 9. The molecular formula is C28H58N2O. The molecular weight excluding hydrogens is 380 g/mol. The Morgan fingerprint density at radius 1 is 0.710 bits per heavy atom. The Morgan fingerprint density at radius 3 is 1.71 bits per heavy atom. The van der Waals surface area contributed by atoms with Gasteiger partial charge in [-0.3, -0.25) is 4.79 Å². The molecule has 0 aliphatic rings. The monoisotopic (exact) mass is 438 g/mol. The van der Waals surface area contributed by atoms with E-state index in [9.17, 15) is 4.79 Å². The maximum atomic E-state index is 13.7. The Labute approximate surface area is 196 Å². The minimum absolute atomic E-state index is 0.0365. The maximum absolute atomic E-state index is 13.7. The molecule has 0 saturated carbocycles. The summed E-state index contributed by atoms with van der Waals surface area (Å²) in [5.41, 5.74) is 5.58. The number of nitrogens with two attached hydrogens (primary N) is 1. The Hall–Kier alpha value is -0.410. The zero-order valence-corrected chi connectivity index (χ0v) is 22.3. The molecule has 0 aliphatic carbocycles. The first-order valence-corrected chi connectivity index (χ1v) is 13.8. The predicted molar refractivity (Wildman–Crippen MR) is 139 cm³/mol. The van der Waals surface area contributed by atoms with E-state index in [0.717, 1.165) is 32.1 Å². The van der Waals surface area contributed by atoms with Gasteiger partial charge in [-0.25, -0.2) is 0 Å². The molecule has 186 valence electrons. The highest BCUT2D eigenvalue weighted by Gasteiger charge is 2.36. The molecule has 3 heteroatoms. The summed E-state index contributed by atoms with van der Waals surface area (Å²) in [5, 5.41) is 3.94. The van der Waals surface area contributed by atoms with E-state index in [4.69, 9.17) is 5.73 Å². The van der Waals surface area contributed by atoms with Crippen molar-refractivity contribution in [3.05, 3.63) is 0 Å². The first kappa shape index (κ1) is 30.6. The van der Waals surface area contributed by atoms with E-state index >= 15 is 0 Å². The minimum Gasteiger partial charge on any atom is -0.330 e. The summed E-state index contributed by atoms with van der Waals surface area (Å²) in [7, 11) is 0. The lowest BCUT2D eigenvalue weighted by atomic mass is 9.77. The standard InChI is InChI=1S/C28H58N2O/c1-7-10-13-17-21-27(4,5)26(31)25(20-15-19-24-29)30-28(6,22-16-12-9-3)23-18-14-11-8-2/h25,30H,7-24,29H2,1-6H3. The second kappa shape index (κ2) is 18.1. The van der Waals surface area contributed by atoms with Gasteiger partial charge in [0.2, 0.25) is 0 Å². The third kappa shape index (κ3) is 14.4. The average Bonchev–Trinajstić information content (AvgIpc) is 2.73. The van der Waals surface area contributed by atoms with Crippen LogP contribution in [0.2, 0.25) is 0 Å². The summed E-state index contributed by atoms with van der Waals surface area (Å²) in [5.74, 6) is 0.427. The first-order chi connectivity index (χ1) is 14.8. The molecule has 3 N–H and O–H groups in total. The fourth-order valence-corrected chi connectivity index (χ4v) is 4.75. The summed E-state index contributed by atoms with van der Waals surface area (Å²) in [6.07, 6.45) is 20.1. The number of rotatable bonds is 22. The van der Waals surface area contributed by atoms with Crippen molar-refractivity contribution >= 4 is 5.78 Å². The van der Waals surface area contributed by atoms with Gasteiger partial charge in [0.05, 0.1) is 6.04 Å². The largest absolute Gasteiger partial charge is 0.330 e. The minimum atomic E-state index is -0.249. The molecule has 2 atom stereocenters. The van der Waals surface area contributed by atoms with Crippen LogP contribution in [-0.2, 0) is 4.79 Å². The molecule has 0 aromatic carbocycles. The van der Waals surface area contributed by atoms with Gasteiger partial charge in [-0.15, -0.1) is 0 Å². The molecule has 0 radical (unpaired) electrons. The molecule has 0 fully saturated rings. The molecule has 0 heterocycles. The third-order valence-electron chi connectivity index (χ3n) is 7.02.